The number of carbonyl (C=O) groups excluding carboxylic acids is 1. The van der Waals surface area contributed by atoms with Gasteiger partial charge in [-0.15, -0.1) is 0 Å². The number of hydrogen-bond acceptors (Lipinski definition) is 3. The topological polar surface area (TPSA) is 72.2 Å². The molecule has 5 nitrogen and oxygen atoms in total. The SMILES string of the molecule is C[C@@H]1CCCC[C@@H]1NC(=O)c1ccc(F)c([N+](=O)[O-])c1. The van der Waals surface area contributed by atoms with Crippen molar-refractivity contribution in [2.75, 3.05) is 0 Å². The number of halogens is 1. The summed E-state index contributed by atoms with van der Waals surface area (Å²) in [6, 6.07) is 3.29. The van der Waals surface area contributed by atoms with Crippen LogP contribution in [0.4, 0.5) is 10.1 Å². The quantitative estimate of drug-likeness (QED) is 0.683. The summed E-state index contributed by atoms with van der Waals surface area (Å²) in [5.74, 6) is -0.924. The van der Waals surface area contributed by atoms with Gasteiger partial charge in [0.05, 0.1) is 4.92 Å². The minimum Gasteiger partial charge on any atom is -0.349 e. The Hall–Kier alpha value is -1.98. The van der Waals surface area contributed by atoms with E-state index in [9.17, 15) is 19.3 Å². The molecule has 0 aromatic heterocycles. The summed E-state index contributed by atoms with van der Waals surface area (Å²) in [6.45, 7) is 2.08. The minimum atomic E-state index is -0.933. The first kappa shape index (κ1) is 14.4. The molecular weight excluding hydrogens is 263 g/mol. The number of hydrogen-bond donors (Lipinski definition) is 1. The van der Waals surface area contributed by atoms with Gasteiger partial charge in [0, 0.05) is 17.7 Å². The zero-order chi connectivity index (χ0) is 14.7. The Labute approximate surface area is 116 Å². The van der Waals surface area contributed by atoms with Gasteiger partial charge in [-0.1, -0.05) is 19.8 Å². The van der Waals surface area contributed by atoms with Gasteiger partial charge in [0.15, 0.2) is 0 Å². The van der Waals surface area contributed by atoms with Gasteiger partial charge in [-0.3, -0.25) is 14.9 Å². The second kappa shape index (κ2) is 5.98. The molecule has 1 aromatic rings. The first-order chi connectivity index (χ1) is 9.49. The van der Waals surface area contributed by atoms with Gasteiger partial charge < -0.3 is 5.32 Å². The summed E-state index contributed by atoms with van der Waals surface area (Å²) in [6.07, 6.45) is 4.21. The van der Waals surface area contributed by atoms with Crippen LogP contribution >= 0.6 is 0 Å². The van der Waals surface area contributed by atoms with E-state index in [1.165, 1.54) is 6.07 Å². The lowest BCUT2D eigenvalue weighted by molar-refractivity contribution is -0.387. The molecule has 0 bridgehead atoms. The summed E-state index contributed by atoms with van der Waals surface area (Å²) in [4.78, 5) is 21.9. The second-order valence-corrected chi connectivity index (χ2v) is 5.26. The van der Waals surface area contributed by atoms with Crippen LogP contribution in [-0.2, 0) is 0 Å². The number of amides is 1. The number of nitro benzene ring substituents is 1. The van der Waals surface area contributed by atoms with Crippen molar-refractivity contribution in [2.45, 2.75) is 38.6 Å². The van der Waals surface area contributed by atoms with Crippen molar-refractivity contribution < 1.29 is 14.1 Å². The lowest BCUT2D eigenvalue weighted by Crippen LogP contribution is -2.41. The van der Waals surface area contributed by atoms with Crippen molar-refractivity contribution in [3.05, 3.63) is 39.7 Å². The van der Waals surface area contributed by atoms with Crippen LogP contribution < -0.4 is 5.32 Å². The molecule has 1 aromatic carbocycles. The molecule has 1 aliphatic rings. The van der Waals surface area contributed by atoms with Gasteiger partial charge in [-0.25, -0.2) is 0 Å². The predicted octanol–water partition coefficient (Wildman–Crippen LogP) is 3.04. The minimum absolute atomic E-state index is 0.0837. The Morgan fingerprint density at radius 1 is 1.40 bits per heavy atom. The lowest BCUT2D eigenvalue weighted by Gasteiger charge is -2.29. The first-order valence-electron chi connectivity index (χ1n) is 6.74. The monoisotopic (exact) mass is 280 g/mol. The van der Waals surface area contributed by atoms with Gasteiger partial charge in [0.25, 0.3) is 5.91 Å². The van der Waals surface area contributed by atoms with Gasteiger partial charge >= 0.3 is 5.69 Å². The highest BCUT2D eigenvalue weighted by Gasteiger charge is 2.24. The van der Waals surface area contributed by atoms with E-state index in [4.69, 9.17) is 0 Å². The van der Waals surface area contributed by atoms with Crippen LogP contribution in [-0.4, -0.2) is 16.9 Å². The number of rotatable bonds is 3. The molecule has 2 atom stereocenters. The third-order valence-electron chi connectivity index (χ3n) is 3.83. The average Bonchev–Trinajstić information content (AvgIpc) is 2.41. The summed E-state index contributed by atoms with van der Waals surface area (Å²) in [7, 11) is 0. The molecular formula is C14H17FN2O3. The van der Waals surface area contributed by atoms with E-state index in [0.29, 0.717) is 5.92 Å². The van der Waals surface area contributed by atoms with Crippen LogP contribution in [0.2, 0.25) is 0 Å². The van der Waals surface area contributed by atoms with E-state index in [-0.39, 0.29) is 17.5 Å². The summed E-state index contributed by atoms with van der Waals surface area (Å²) >= 11 is 0. The lowest BCUT2D eigenvalue weighted by atomic mass is 9.86. The Kier molecular flexibility index (Phi) is 4.32. The van der Waals surface area contributed by atoms with Crippen LogP contribution in [0, 0.1) is 21.8 Å². The average molecular weight is 280 g/mol. The Balaban J connectivity index is 2.13. The van der Waals surface area contributed by atoms with E-state index >= 15 is 0 Å². The van der Waals surface area contributed by atoms with E-state index in [1.807, 2.05) is 0 Å². The molecule has 1 aliphatic carbocycles. The van der Waals surface area contributed by atoms with Crippen LogP contribution in [0.15, 0.2) is 18.2 Å². The highest BCUT2D eigenvalue weighted by Crippen LogP contribution is 2.24. The van der Waals surface area contributed by atoms with Crippen LogP contribution in [0.25, 0.3) is 0 Å². The fraction of sp³-hybridized carbons (Fsp3) is 0.500. The molecule has 108 valence electrons. The molecule has 0 unspecified atom stereocenters. The molecule has 0 aliphatic heterocycles. The normalized spacial score (nSPS) is 22.3. The van der Waals surface area contributed by atoms with Crippen molar-refractivity contribution in [1.82, 2.24) is 5.32 Å². The van der Waals surface area contributed by atoms with Gasteiger partial charge in [-0.05, 0) is 30.9 Å². The number of carbonyl (C=O) groups is 1. The Morgan fingerprint density at radius 3 is 2.75 bits per heavy atom. The summed E-state index contributed by atoms with van der Waals surface area (Å²) in [5.41, 5.74) is -0.551. The third kappa shape index (κ3) is 3.12. The van der Waals surface area contributed by atoms with Gasteiger partial charge in [0.2, 0.25) is 5.82 Å². The van der Waals surface area contributed by atoms with Crippen LogP contribution in [0.5, 0.6) is 0 Å². The van der Waals surface area contributed by atoms with Crippen LogP contribution in [0.1, 0.15) is 43.0 Å². The van der Waals surface area contributed by atoms with Crippen LogP contribution in [0.3, 0.4) is 0 Å². The van der Waals surface area contributed by atoms with Crippen molar-refractivity contribution in [1.29, 1.82) is 0 Å². The second-order valence-electron chi connectivity index (χ2n) is 5.26. The predicted molar refractivity (Wildman–Crippen MR) is 71.9 cm³/mol. The largest absolute Gasteiger partial charge is 0.349 e. The molecule has 6 heteroatoms. The fourth-order valence-electron chi connectivity index (χ4n) is 2.58. The molecule has 20 heavy (non-hydrogen) atoms. The highest BCUT2D eigenvalue weighted by atomic mass is 19.1. The van der Waals surface area contributed by atoms with Crippen molar-refractivity contribution >= 4 is 11.6 Å². The van der Waals surface area contributed by atoms with Gasteiger partial charge in [0.1, 0.15) is 0 Å². The maximum absolute atomic E-state index is 13.2. The molecule has 0 saturated heterocycles. The maximum Gasteiger partial charge on any atom is 0.305 e. The Bertz CT molecular complexity index is 533. The van der Waals surface area contributed by atoms with Crippen molar-refractivity contribution in [2.24, 2.45) is 5.92 Å². The number of nitrogens with one attached hydrogen (secondary N) is 1. The molecule has 0 spiro atoms. The Morgan fingerprint density at radius 2 is 2.10 bits per heavy atom. The number of nitro groups is 1. The molecule has 0 radical (unpaired) electrons. The molecule has 1 amide bonds. The van der Waals surface area contributed by atoms with E-state index in [1.54, 1.807) is 0 Å². The fourth-order valence-corrected chi connectivity index (χ4v) is 2.58. The van der Waals surface area contributed by atoms with E-state index < -0.39 is 16.4 Å². The molecule has 1 saturated carbocycles. The van der Waals surface area contributed by atoms with Gasteiger partial charge in [-0.2, -0.15) is 4.39 Å². The zero-order valence-electron chi connectivity index (χ0n) is 11.3. The van der Waals surface area contributed by atoms with Crippen molar-refractivity contribution in [3.63, 3.8) is 0 Å². The highest BCUT2D eigenvalue weighted by molar-refractivity contribution is 5.95. The summed E-state index contributed by atoms with van der Waals surface area (Å²) in [5, 5.41) is 13.6. The standard InChI is InChI=1S/C14H17FN2O3/c1-9-4-2-3-5-12(9)16-14(18)10-6-7-11(15)13(8-10)17(19)20/h6-9,12H,2-5H2,1H3,(H,16,18)/t9-,12+/m1/s1. The third-order valence-corrected chi connectivity index (χ3v) is 3.83. The number of benzene rings is 1. The molecule has 2 rings (SSSR count). The smallest absolute Gasteiger partial charge is 0.305 e. The molecule has 1 N–H and O–H groups in total. The first-order valence-corrected chi connectivity index (χ1v) is 6.74. The van der Waals surface area contributed by atoms with E-state index in [2.05, 4.69) is 12.2 Å². The van der Waals surface area contributed by atoms with Crippen molar-refractivity contribution in [3.8, 4) is 0 Å². The summed E-state index contributed by atoms with van der Waals surface area (Å²) < 4.78 is 13.2. The van der Waals surface area contributed by atoms with E-state index in [0.717, 1.165) is 37.8 Å². The number of nitrogens with zero attached hydrogens (tertiary/aromatic N) is 1. The molecule has 0 heterocycles. The maximum atomic E-state index is 13.2. The molecule has 1 fully saturated rings. The zero-order valence-corrected chi connectivity index (χ0v) is 11.3.